The highest BCUT2D eigenvalue weighted by molar-refractivity contribution is 7.88. The van der Waals surface area contributed by atoms with Gasteiger partial charge in [0.15, 0.2) is 12.4 Å². The van der Waals surface area contributed by atoms with Crippen molar-refractivity contribution in [2.75, 3.05) is 0 Å². The third kappa shape index (κ3) is 7.20. The van der Waals surface area contributed by atoms with Crippen molar-refractivity contribution in [3.05, 3.63) is 48.7 Å². The number of hydrogen-bond acceptors (Lipinski definition) is 3. The zero-order valence-corrected chi connectivity index (χ0v) is 8.33. The maximum Gasteiger partial charge on any atom is 0.167 e. The van der Waals surface area contributed by atoms with Gasteiger partial charge in [-0.2, -0.15) is 0 Å². The van der Waals surface area contributed by atoms with Gasteiger partial charge in [-0.25, -0.2) is 13.4 Å². The molecule has 1 rings (SSSR count). The van der Waals surface area contributed by atoms with E-state index in [1.54, 1.807) is 0 Å². The van der Waals surface area contributed by atoms with Gasteiger partial charge in [-0.3, -0.25) is 0 Å². The summed E-state index contributed by atoms with van der Waals surface area (Å²) in [6.07, 6.45) is 5.56. The van der Waals surface area contributed by atoms with Crippen LogP contribution in [-0.2, 0) is 10.1 Å². The van der Waals surface area contributed by atoms with E-state index in [0.717, 1.165) is 5.56 Å². The summed E-state index contributed by atoms with van der Waals surface area (Å²) in [6.45, 7) is 6.35. The average Bonchev–Trinajstić information content (AvgIpc) is 2.19. The predicted molar refractivity (Wildman–Crippen MR) is 53.0 cm³/mol. The first-order chi connectivity index (χ1) is 6.49. The Labute approximate surface area is 83.4 Å². The lowest BCUT2D eigenvalue weighted by atomic mass is 10.3. The van der Waals surface area contributed by atoms with Gasteiger partial charge in [0.25, 0.3) is 0 Å². The number of aromatic nitrogens is 1. The van der Waals surface area contributed by atoms with Crippen molar-refractivity contribution in [1.29, 1.82) is 0 Å². The number of pyridine rings is 1. The molecular weight excluding hydrogens is 202 g/mol. The number of nitrogens with one attached hydrogen (secondary N) is 1. The van der Waals surface area contributed by atoms with Gasteiger partial charge in [-0.05, 0) is 5.56 Å². The van der Waals surface area contributed by atoms with Crippen LogP contribution in [0.2, 0.25) is 0 Å². The van der Waals surface area contributed by atoms with Crippen LogP contribution in [0.15, 0.2) is 43.1 Å². The lowest BCUT2D eigenvalue weighted by Crippen LogP contribution is -1.96. The summed E-state index contributed by atoms with van der Waals surface area (Å²) >= 11 is 0. The lowest BCUT2D eigenvalue weighted by molar-refractivity contribution is -0.378. The van der Waals surface area contributed by atoms with Crippen molar-refractivity contribution < 1.29 is 18.0 Å². The second-order valence-electron chi connectivity index (χ2n) is 2.20. The first-order valence-corrected chi connectivity index (χ1v) is 5.13. The van der Waals surface area contributed by atoms with Gasteiger partial charge in [-0.15, -0.1) is 0 Å². The number of H-pyrrole nitrogens is 1. The van der Waals surface area contributed by atoms with Gasteiger partial charge in [0.2, 0.25) is 0 Å². The molecule has 76 valence electrons. The first-order valence-electron chi connectivity index (χ1n) is 3.66. The third-order valence-electron chi connectivity index (χ3n) is 1.18. The molecule has 0 bridgehead atoms. The Morgan fingerprint density at radius 3 is 1.93 bits per heavy atom. The molecule has 0 aliphatic carbocycles. The minimum Gasteiger partial charge on any atom is -0.745 e. The largest absolute Gasteiger partial charge is 0.745 e. The number of rotatable bonds is 2. The summed E-state index contributed by atoms with van der Waals surface area (Å²) in [5, 5.41) is 0.354. The Morgan fingerprint density at radius 2 is 1.71 bits per heavy atom. The molecule has 1 aromatic rings. The van der Waals surface area contributed by atoms with Crippen LogP contribution in [0.5, 0.6) is 0 Å². The normalized spacial score (nSPS) is 9.50. The Bertz CT molecular complexity index is 372. The maximum absolute atomic E-state index is 9.33. The molecule has 0 amide bonds. The quantitative estimate of drug-likeness (QED) is 0.683. The van der Waals surface area contributed by atoms with E-state index < -0.39 is 10.1 Å². The van der Waals surface area contributed by atoms with E-state index in [1.165, 1.54) is 0 Å². The van der Waals surface area contributed by atoms with Gasteiger partial charge in [0.05, 0.1) is 0 Å². The summed E-state index contributed by atoms with van der Waals surface area (Å²) in [5.41, 5.74) is 1.14. The Kier molecular flexibility index (Phi) is 5.43. The summed E-state index contributed by atoms with van der Waals surface area (Å²) in [4.78, 5) is 2.92. The van der Waals surface area contributed by atoms with E-state index in [0.29, 0.717) is 5.41 Å². The van der Waals surface area contributed by atoms with Crippen LogP contribution in [0.4, 0.5) is 0 Å². The van der Waals surface area contributed by atoms with Gasteiger partial charge >= 0.3 is 0 Å². The van der Waals surface area contributed by atoms with Crippen LogP contribution in [0.1, 0.15) is 5.56 Å². The van der Waals surface area contributed by atoms with Crippen molar-refractivity contribution in [2.24, 2.45) is 0 Å². The van der Waals surface area contributed by atoms with Crippen molar-refractivity contribution >= 4 is 16.2 Å². The lowest BCUT2D eigenvalue weighted by Gasteiger charge is -1.92. The molecule has 0 aliphatic heterocycles. The standard InChI is InChI=1S/C7H7N.C2H4O3S/c1-2-7-3-5-8-6-4-7;1-2-6(3,4)5/h2-6H,1H2;2H,1H2,(H,3,4,5). The molecule has 0 aliphatic rings. The second-order valence-corrected chi connectivity index (χ2v) is 3.52. The summed E-state index contributed by atoms with van der Waals surface area (Å²) < 4.78 is 28.0. The van der Waals surface area contributed by atoms with Crippen LogP contribution in [-0.4, -0.2) is 13.0 Å². The van der Waals surface area contributed by atoms with Gasteiger partial charge in [-0.1, -0.05) is 19.2 Å². The van der Waals surface area contributed by atoms with Crippen LogP contribution in [0.25, 0.3) is 6.08 Å². The van der Waals surface area contributed by atoms with Crippen molar-refractivity contribution in [3.63, 3.8) is 0 Å². The maximum atomic E-state index is 9.33. The molecule has 14 heavy (non-hydrogen) atoms. The molecule has 0 fully saturated rings. The number of aromatic amines is 1. The topological polar surface area (TPSA) is 71.3 Å². The fourth-order valence-corrected chi connectivity index (χ4v) is 0.536. The molecule has 0 saturated heterocycles. The molecule has 1 aromatic heterocycles. The van der Waals surface area contributed by atoms with Crippen molar-refractivity contribution in [2.45, 2.75) is 0 Å². The zero-order chi connectivity index (χ0) is 11.0. The average molecular weight is 213 g/mol. The first kappa shape index (κ1) is 12.5. The van der Waals surface area contributed by atoms with Gasteiger partial charge in [0, 0.05) is 17.5 Å². The monoisotopic (exact) mass is 213 g/mol. The molecular formula is C9H11NO3S. The van der Waals surface area contributed by atoms with E-state index >= 15 is 0 Å². The number of hydrogen-bond donors (Lipinski definition) is 0. The predicted octanol–water partition coefficient (Wildman–Crippen LogP) is 0.819. The van der Waals surface area contributed by atoms with Crippen LogP contribution in [0.3, 0.4) is 0 Å². The van der Waals surface area contributed by atoms with E-state index in [9.17, 15) is 13.0 Å². The summed E-state index contributed by atoms with van der Waals surface area (Å²) in [7, 11) is -4.15. The SMILES string of the molecule is C=CS(=O)(=O)[O-].C=Cc1cc[nH+]cc1. The van der Waals surface area contributed by atoms with Crippen LogP contribution >= 0.6 is 0 Å². The highest BCUT2D eigenvalue weighted by atomic mass is 32.2. The molecule has 0 aromatic carbocycles. The summed E-state index contributed by atoms with van der Waals surface area (Å²) in [5.74, 6) is 0. The van der Waals surface area contributed by atoms with E-state index in [4.69, 9.17) is 0 Å². The molecule has 0 saturated carbocycles. The Hall–Kier alpha value is -1.46. The van der Waals surface area contributed by atoms with Crippen LogP contribution in [0, 0.1) is 0 Å². The second kappa shape index (κ2) is 6.06. The smallest absolute Gasteiger partial charge is 0.167 e. The molecule has 0 unspecified atom stereocenters. The van der Waals surface area contributed by atoms with E-state index in [2.05, 4.69) is 18.1 Å². The molecule has 0 spiro atoms. The van der Waals surface area contributed by atoms with Gasteiger partial charge in [0.1, 0.15) is 10.1 Å². The highest BCUT2D eigenvalue weighted by Gasteiger charge is 1.81. The third-order valence-corrected chi connectivity index (χ3v) is 1.59. The molecule has 0 atom stereocenters. The van der Waals surface area contributed by atoms with Crippen molar-refractivity contribution in [3.8, 4) is 0 Å². The molecule has 5 heteroatoms. The Balaban J connectivity index is 0.000000255. The van der Waals surface area contributed by atoms with E-state index in [1.807, 2.05) is 30.6 Å². The fraction of sp³-hybridized carbons (Fsp3) is 0. The fourth-order valence-electron chi connectivity index (χ4n) is 0.536. The molecule has 1 N–H and O–H groups in total. The molecule has 4 nitrogen and oxygen atoms in total. The van der Waals surface area contributed by atoms with Crippen LogP contribution < -0.4 is 4.98 Å². The molecule has 1 heterocycles. The molecule has 0 radical (unpaired) electrons. The van der Waals surface area contributed by atoms with Crippen molar-refractivity contribution in [1.82, 2.24) is 0 Å². The van der Waals surface area contributed by atoms with E-state index in [-0.39, 0.29) is 0 Å². The minimum absolute atomic E-state index is 0.354. The van der Waals surface area contributed by atoms with Gasteiger partial charge < -0.3 is 4.55 Å². The highest BCUT2D eigenvalue weighted by Crippen LogP contribution is 1.93. The Morgan fingerprint density at radius 1 is 1.29 bits per heavy atom. The minimum atomic E-state index is -4.15. The summed E-state index contributed by atoms with van der Waals surface area (Å²) in [6, 6.07) is 3.93. The zero-order valence-electron chi connectivity index (χ0n) is 7.51.